The second-order valence-electron chi connectivity index (χ2n) is 5.01. The molecule has 0 atom stereocenters. The number of halogens is 1. The van der Waals surface area contributed by atoms with Gasteiger partial charge in [-0.25, -0.2) is 0 Å². The highest BCUT2D eigenvalue weighted by atomic mass is 79.9. The maximum atomic E-state index is 11.8. The fourth-order valence-electron chi connectivity index (χ4n) is 2.23. The summed E-state index contributed by atoms with van der Waals surface area (Å²) in [6.07, 6.45) is 1.29. The number of hydrogen-bond donors (Lipinski definition) is 2. The molecule has 20 heavy (non-hydrogen) atoms. The lowest BCUT2D eigenvalue weighted by molar-refractivity contribution is -0.120. The SMILES string of the molecule is Cc1cc(CCNC(=O)Cc2ccc(Br)cc2)c(C)[nH]1. The van der Waals surface area contributed by atoms with Gasteiger partial charge in [-0.3, -0.25) is 4.79 Å². The van der Waals surface area contributed by atoms with E-state index in [0.29, 0.717) is 13.0 Å². The van der Waals surface area contributed by atoms with Gasteiger partial charge in [0.2, 0.25) is 5.91 Å². The molecule has 0 aliphatic heterocycles. The molecular formula is C16H19BrN2O. The first-order valence-corrected chi connectivity index (χ1v) is 7.50. The van der Waals surface area contributed by atoms with Crippen LogP contribution in [0.15, 0.2) is 34.8 Å². The number of hydrogen-bond acceptors (Lipinski definition) is 1. The molecule has 2 N–H and O–H groups in total. The smallest absolute Gasteiger partial charge is 0.224 e. The number of benzene rings is 1. The Kier molecular flexibility index (Phi) is 5.01. The number of carbonyl (C=O) groups is 1. The molecule has 0 radical (unpaired) electrons. The fourth-order valence-corrected chi connectivity index (χ4v) is 2.49. The van der Waals surface area contributed by atoms with E-state index in [4.69, 9.17) is 0 Å². The van der Waals surface area contributed by atoms with Crippen LogP contribution in [0.2, 0.25) is 0 Å². The van der Waals surface area contributed by atoms with Crippen LogP contribution in [0.1, 0.15) is 22.5 Å². The highest BCUT2D eigenvalue weighted by molar-refractivity contribution is 9.10. The molecule has 1 heterocycles. The lowest BCUT2D eigenvalue weighted by atomic mass is 10.1. The number of carbonyl (C=O) groups excluding carboxylic acids is 1. The van der Waals surface area contributed by atoms with Gasteiger partial charge in [-0.1, -0.05) is 28.1 Å². The van der Waals surface area contributed by atoms with Gasteiger partial charge >= 0.3 is 0 Å². The summed E-state index contributed by atoms with van der Waals surface area (Å²) in [5, 5.41) is 2.97. The number of aromatic nitrogens is 1. The van der Waals surface area contributed by atoms with Crippen molar-refractivity contribution in [1.82, 2.24) is 10.3 Å². The quantitative estimate of drug-likeness (QED) is 0.865. The van der Waals surface area contributed by atoms with E-state index in [9.17, 15) is 4.79 Å². The third-order valence-corrected chi connectivity index (χ3v) is 3.78. The summed E-state index contributed by atoms with van der Waals surface area (Å²) < 4.78 is 1.03. The Bertz CT molecular complexity index is 587. The van der Waals surface area contributed by atoms with Gasteiger partial charge in [-0.15, -0.1) is 0 Å². The van der Waals surface area contributed by atoms with Gasteiger partial charge in [0.1, 0.15) is 0 Å². The molecule has 4 heteroatoms. The van der Waals surface area contributed by atoms with Gasteiger partial charge < -0.3 is 10.3 Å². The van der Waals surface area contributed by atoms with E-state index >= 15 is 0 Å². The molecule has 0 aliphatic carbocycles. The molecule has 1 aromatic carbocycles. The molecule has 0 bridgehead atoms. The Morgan fingerprint density at radius 2 is 1.95 bits per heavy atom. The minimum Gasteiger partial charge on any atom is -0.362 e. The standard InChI is InChI=1S/C16H19BrN2O/c1-11-9-14(12(2)19-11)7-8-18-16(20)10-13-3-5-15(17)6-4-13/h3-6,9,19H,7-8,10H2,1-2H3,(H,18,20). The zero-order valence-corrected chi connectivity index (χ0v) is 13.4. The number of aromatic amines is 1. The first-order valence-electron chi connectivity index (χ1n) is 6.71. The number of aryl methyl sites for hydroxylation is 2. The lowest BCUT2D eigenvalue weighted by Gasteiger charge is -2.05. The van der Waals surface area contributed by atoms with Crippen LogP contribution in [-0.4, -0.2) is 17.4 Å². The van der Waals surface area contributed by atoms with Gasteiger partial charge in [0.25, 0.3) is 0 Å². The minimum atomic E-state index is 0.0669. The molecule has 0 saturated carbocycles. The summed E-state index contributed by atoms with van der Waals surface area (Å²) in [5.41, 5.74) is 4.65. The van der Waals surface area contributed by atoms with E-state index in [0.717, 1.165) is 16.5 Å². The van der Waals surface area contributed by atoms with E-state index in [1.54, 1.807) is 0 Å². The largest absolute Gasteiger partial charge is 0.362 e. The molecule has 3 nitrogen and oxygen atoms in total. The van der Waals surface area contributed by atoms with Gasteiger partial charge in [-0.2, -0.15) is 0 Å². The third kappa shape index (κ3) is 4.23. The molecule has 0 fully saturated rings. The Morgan fingerprint density at radius 1 is 1.25 bits per heavy atom. The van der Waals surface area contributed by atoms with Crippen LogP contribution in [0.25, 0.3) is 0 Å². The number of rotatable bonds is 5. The summed E-state index contributed by atoms with van der Waals surface area (Å²) in [7, 11) is 0. The van der Waals surface area contributed by atoms with Crippen molar-refractivity contribution < 1.29 is 4.79 Å². The van der Waals surface area contributed by atoms with Crippen molar-refractivity contribution in [2.24, 2.45) is 0 Å². The van der Waals surface area contributed by atoms with Crippen molar-refractivity contribution in [2.45, 2.75) is 26.7 Å². The topological polar surface area (TPSA) is 44.9 Å². The molecule has 0 spiro atoms. The maximum absolute atomic E-state index is 11.8. The monoisotopic (exact) mass is 334 g/mol. The van der Waals surface area contributed by atoms with Gasteiger partial charge in [0.15, 0.2) is 0 Å². The van der Waals surface area contributed by atoms with Gasteiger partial charge in [0.05, 0.1) is 6.42 Å². The Labute approximate surface area is 127 Å². The van der Waals surface area contributed by atoms with Crippen LogP contribution in [0.3, 0.4) is 0 Å². The van der Waals surface area contributed by atoms with E-state index in [2.05, 4.69) is 39.2 Å². The highest BCUT2D eigenvalue weighted by Gasteiger charge is 2.05. The molecule has 0 saturated heterocycles. The Balaban J connectivity index is 1.78. The fraction of sp³-hybridized carbons (Fsp3) is 0.312. The second kappa shape index (κ2) is 6.75. The molecule has 106 valence electrons. The summed E-state index contributed by atoms with van der Waals surface area (Å²) in [6.45, 7) is 4.78. The number of amides is 1. The first kappa shape index (κ1) is 14.9. The molecule has 1 aromatic heterocycles. The average Bonchev–Trinajstić information content (AvgIpc) is 2.71. The molecule has 0 aliphatic rings. The van der Waals surface area contributed by atoms with Crippen molar-refractivity contribution in [3.63, 3.8) is 0 Å². The Hall–Kier alpha value is -1.55. The van der Waals surface area contributed by atoms with Crippen LogP contribution in [0, 0.1) is 13.8 Å². The average molecular weight is 335 g/mol. The van der Waals surface area contributed by atoms with Crippen molar-refractivity contribution >= 4 is 21.8 Å². The maximum Gasteiger partial charge on any atom is 0.224 e. The van der Waals surface area contributed by atoms with Crippen LogP contribution in [-0.2, 0) is 17.6 Å². The molecule has 2 rings (SSSR count). The summed E-state index contributed by atoms with van der Waals surface area (Å²) >= 11 is 3.38. The minimum absolute atomic E-state index is 0.0669. The van der Waals surface area contributed by atoms with Crippen molar-refractivity contribution in [3.8, 4) is 0 Å². The highest BCUT2D eigenvalue weighted by Crippen LogP contribution is 2.11. The van der Waals surface area contributed by atoms with Gasteiger partial charge in [-0.05, 0) is 49.6 Å². The predicted molar refractivity (Wildman–Crippen MR) is 84.8 cm³/mol. The number of H-pyrrole nitrogens is 1. The van der Waals surface area contributed by atoms with E-state index in [1.807, 2.05) is 31.2 Å². The van der Waals surface area contributed by atoms with Crippen molar-refractivity contribution in [3.05, 3.63) is 57.3 Å². The predicted octanol–water partition coefficient (Wildman–Crippen LogP) is 3.30. The van der Waals surface area contributed by atoms with E-state index in [-0.39, 0.29) is 5.91 Å². The van der Waals surface area contributed by atoms with Crippen LogP contribution in [0.4, 0.5) is 0 Å². The van der Waals surface area contributed by atoms with Crippen molar-refractivity contribution in [1.29, 1.82) is 0 Å². The van der Waals surface area contributed by atoms with Crippen LogP contribution >= 0.6 is 15.9 Å². The van der Waals surface area contributed by atoms with Crippen LogP contribution in [0.5, 0.6) is 0 Å². The van der Waals surface area contributed by atoms with E-state index in [1.165, 1.54) is 17.0 Å². The van der Waals surface area contributed by atoms with Crippen molar-refractivity contribution in [2.75, 3.05) is 6.54 Å². The zero-order valence-electron chi connectivity index (χ0n) is 11.8. The molecule has 0 unspecified atom stereocenters. The molecule has 2 aromatic rings. The lowest BCUT2D eigenvalue weighted by Crippen LogP contribution is -2.27. The summed E-state index contributed by atoms with van der Waals surface area (Å²) in [6, 6.07) is 9.96. The summed E-state index contributed by atoms with van der Waals surface area (Å²) in [5.74, 6) is 0.0669. The normalized spacial score (nSPS) is 10.6. The Morgan fingerprint density at radius 3 is 2.55 bits per heavy atom. The van der Waals surface area contributed by atoms with E-state index < -0.39 is 0 Å². The second-order valence-corrected chi connectivity index (χ2v) is 5.92. The number of nitrogens with one attached hydrogen (secondary N) is 2. The van der Waals surface area contributed by atoms with Gasteiger partial charge in [0, 0.05) is 22.4 Å². The molecule has 1 amide bonds. The third-order valence-electron chi connectivity index (χ3n) is 3.25. The first-order chi connectivity index (χ1) is 9.54. The zero-order chi connectivity index (χ0) is 14.5. The molecular weight excluding hydrogens is 316 g/mol. The summed E-state index contributed by atoms with van der Waals surface area (Å²) in [4.78, 5) is 15.1. The van der Waals surface area contributed by atoms with Crippen LogP contribution < -0.4 is 5.32 Å².